The van der Waals surface area contributed by atoms with Gasteiger partial charge in [0.1, 0.15) is 5.65 Å². The molecule has 0 amide bonds. The van der Waals surface area contributed by atoms with Crippen LogP contribution in [-0.2, 0) is 6.61 Å². The number of aliphatic hydroxyl groups is 1. The largest absolute Gasteiger partial charge is 0.390 e. The van der Waals surface area contributed by atoms with Crippen molar-refractivity contribution in [2.75, 3.05) is 0 Å². The van der Waals surface area contributed by atoms with Crippen molar-refractivity contribution in [1.82, 2.24) is 15.0 Å². The number of aliphatic hydroxyl groups excluding tert-OH is 1. The molecule has 0 bridgehead atoms. The first-order chi connectivity index (χ1) is 5.79. The Morgan fingerprint density at radius 1 is 1.50 bits per heavy atom. The molecule has 0 atom stereocenters. The second-order valence-electron chi connectivity index (χ2n) is 2.47. The fourth-order valence-electron chi connectivity index (χ4n) is 1.09. The Morgan fingerprint density at radius 2 is 2.33 bits per heavy atom. The molecule has 12 heavy (non-hydrogen) atoms. The maximum absolute atomic E-state index is 10.7. The number of hydrogen-bond acceptors (Lipinski definition) is 3. The Bertz CT molecular complexity index is 457. The van der Waals surface area contributed by atoms with Crippen molar-refractivity contribution in [2.24, 2.45) is 0 Å². The van der Waals surface area contributed by atoms with E-state index >= 15 is 0 Å². The summed E-state index contributed by atoms with van der Waals surface area (Å²) in [5.41, 5.74) is 0.863. The number of nitrogens with zero attached hydrogens (tertiary/aromatic N) is 1. The van der Waals surface area contributed by atoms with Crippen molar-refractivity contribution >= 4 is 11.0 Å². The van der Waals surface area contributed by atoms with Gasteiger partial charge in [0.25, 0.3) is 0 Å². The van der Waals surface area contributed by atoms with Crippen LogP contribution in [-0.4, -0.2) is 20.1 Å². The topological polar surface area (TPSA) is 81.8 Å². The average Bonchev–Trinajstić information content (AvgIpc) is 2.46. The van der Waals surface area contributed by atoms with Crippen molar-refractivity contribution in [3.63, 3.8) is 0 Å². The predicted octanol–water partition coefficient (Wildman–Crippen LogP) is -0.257. The molecule has 3 N–H and O–H groups in total. The molecule has 0 aliphatic carbocycles. The SMILES string of the molecule is O=c1ncc2cc(CO)[nH]c2[nH]1. The molecule has 0 aliphatic heterocycles. The quantitative estimate of drug-likeness (QED) is 0.544. The number of nitrogens with one attached hydrogen (secondary N) is 2. The summed E-state index contributed by atoms with van der Waals surface area (Å²) in [7, 11) is 0. The van der Waals surface area contributed by atoms with Gasteiger partial charge in [-0.25, -0.2) is 9.78 Å². The maximum Gasteiger partial charge on any atom is 0.346 e. The van der Waals surface area contributed by atoms with Crippen molar-refractivity contribution < 1.29 is 5.11 Å². The summed E-state index contributed by atoms with van der Waals surface area (Å²) in [6.45, 7) is -0.0727. The molecular weight excluding hydrogens is 158 g/mol. The Balaban J connectivity index is 2.75. The summed E-state index contributed by atoms with van der Waals surface area (Å²) in [5.74, 6) is 0. The molecule has 0 spiro atoms. The van der Waals surface area contributed by atoms with E-state index in [4.69, 9.17) is 5.11 Å². The van der Waals surface area contributed by atoms with E-state index in [9.17, 15) is 4.79 Å². The van der Waals surface area contributed by atoms with Crippen molar-refractivity contribution in [1.29, 1.82) is 0 Å². The second kappa shape index (κ2) is 2.46. The predicted molar refractivity (Wildman–Crippen MR) is 42.6 cm³/mol. The summed E-state index contributed by atoms with van der Waals surface area (Å²) >= 11 is 0. The van der Waals surface area contributed by atoms with E-state index in [0.717, 1.165) is 5.39 Å². The molecule has 5 nitrogen and oxygen atoms in total. The van der Waals surface area contributed by atoms with Gasteiger partial charge in [-0.05, 0) is 6.07 Å². The number of rotatable bonds is 1. The summed E-state index contributed by atoms with van der Waals surface area (Å²) in [6.07, 6.45) is 1.46. The zero-order valence-corrected chi connectivity index (χ0v) is 6.16. The molecule has 62 valence electrons. The Hall–Kier alpha value is -1.62. The molecule has 5 heteroatoms. The summed E-state index contributed by atoms with van der Waals surface area (Å²) in [4.78, 5) is 19.6. The maximum atomic E-state index is 10.7. The lowest BCUT2D eigenvalue weighted by Gasteiger charge is -1.85. The molecule has 2 heterocycles. The molecule has 0 aliphatic rings. The van der Waals surface area contributed by atoms with E-state index in [1.807, 2.05) is 0 Å². The van der Waals surface area contributed by atoms with E-state index < -0.39 is 5.69 Å². The summed E-state index contributed by atoms with van der Waals surface area (Å²) in [6, 6.07) is 1.73. The van der Waals surface area contributed by atoms with Gasteiger partial charge in [-0.2, -0.15) is 0 Å². The molecule has 0 radical (unpaired) electrons. The number of aromatic amines is 2. The van der Waals surface area contributed by atoms with E-state index in [1.54, 1.807) is 6.07 Å². The first kappa shape index (κ1) is 7.05. The molecule has 0 unspecified atom stereocenters. The van der Waals surface area contributed by atoms with Crippen LogP contribution < -0.4 is 5.69 Å². The minimum absolute atomic E-state index is 0.0727. The van der Waals surface area contributed by atoms with E-state index in [2.05, 4.69) is 15.0 Å². The van der Waals surface area contributed by atoms with Gasteiger partial charge in [-0.15, -0.1) is 0 Å². The first-order valence-electron chi connectivity index (χ1n) is 3.47. The molecule has 2 rings (SSSR count). The molecule has 0 saturated carbocycles. The zero-order valence-electron chi connectivity index (χ0n) is 6.16. The summed E-state index contributed by atoms with van der Waals surface area (Å²) < 4.78 is 0. The van der Waals surface area contributed by atoms with Gasteiger partial charge in [-0.1, -0.05) is 0 Å². The van der Waals surface area contributed by atoms with Gasteiger partial charge >= 0.3 is 5.69 Å². The third-order valence-electron chi connectivity index (χ3n) is 1.63. The highest BCUT2D eigenvalue weighted by Gasteiger charge is 1.99. The van der Waals surface area contributed by atoms with E-state index in [1.165, 1.54) is 6.20 Å². The lowest BCUT2D eigenvalue weighted by atomic mass is 10.4. The highest BCUT2D eigenvalue weighted by atomic mass is 16.3. The third-order valence-corrected chi connectivity index (χ3v) is 1.63. The van der Waals surface area contributed by atoms with E-state index in [0.29, 0.717) is 11.3 Å². The number of H-pyrrole nitrogens is 2. The van der Waals surface area contributed by atoms with Crippen LogP contribution in [0.15, 0.2) is 17.1 Å². The van der Waals surface area contributed by atoms with Crippen LogP contribution in [0.1, 0.15) is 5.69 Å². The van der Waals surface area contributed by atoms with Crippen molar-refractivity contribution in [3.8, 4) is 0 Å². The average molecular weight is 165 g/mol. The van der Waals surface area contributed by atoms with E-state index in [-0.39, 0.29) is 6.61 Å². The van der Waals surface area contributed by atoms with Crippen LogP contribution in [0.2, 0.25) is 0 Å². The van der Waals surface area contributed by atoms with Gasteiger partial charge in [0.05, 0.1) is 6.61 Å². The van der Waals surface area contributed by atoms with Gasteiger partial charge in [-0.3, -0.25) is 4.98 Å². The van der Waals surface area contributed by atoms with Crippen molar-refractivity contribution in [3.05, 3.63) is 28.4 Å². The molecule has 0 saturated heterocycles. The fraction of sp³-hybridized carbons (Fsp3) is 0.143. The fourth-order valence-corrected chi connectivity index (χ4v) is 1.09. The summed E-state index contributed by atoms with van der Waals surface area (Å²) in [5, 5.41) is 9.55. The highest BCUT2D eigenvalue weighted by Crippen LogP contribution is 2.09. The Kier molecular flexibility index (Phi) is 1.44. The van der Waals surface area contributed by atoms with Crippen LogP contribution in [0.4, 0.5) is 0 Å². The minimum Gasteiger partial charge on any atom is -0.390 e. The van der Waals surface area contributed by atoms with Crippen LogP contribution in [0, 0.1) is 0 Å². The van der Waals surface area contributed by atoms with Crippen molar-refractivity contribution in [2.45, 2.75) is 6.61 Å². The Labute approximate surface area is 67.1 Å². The molecular formula is C7H7N3O2. The Morgan fingerprint density at radius 3 is 3.08 bits per heavy atom. The zero-order chi connectivity index (χ0) is 8.55. The van der Waals surface area contributed by atoms with Crippen LogP contribution in [0.3, 0.4) is 0 Å². The molecule has 0 aromatic carbocycles. The monoisotopic (exact) mass is 165 g/mol. The molecule has 2 aromatic rings. The number of hydrogen-bond donors (Lipinski definition) is 3. The standard InChI is InChI=1S/C7H7N3O2/c11-3-5-1-4-2-8-7(12)10-6(4)9-5/h1-2,11H,3H2,(H2,8,9,10,12). The van der Waals surface area contributed by atoms with Gasteiger partial charge in [0.2, 0.25) is 0 Å². The molecule has 0 fully saturated rings. The van der Waals surface area contributed by atoms with Gasteiger partial charge in [0, 0.05) is 17.3 Å². The minimum atomic E-state index is -0.395. The van der Waals surface area contributed by atoms with Gasteiger partial charge in [0.15, 0.2) is 0 Å². The normalized spacial score (nSPS) is 10.8. The highest BCUT2D eigenvalue weighted by molar-refractivity contribution is 5.74. The first-order valence-corrected chi connectivity index (χ1v) is 3.47. The second-order valence-corrected chi connectivity index (χ2v) is 2.47. The van der Waals surface area contributed by atoms with Crippen LogP contribution in [0.25, 0.3) is 11.0 Å². The van der Waals surface area contributed by atoms with Gasteiger partial charge < -0.3 is 10.1 Å². The lowest BCUT2D eigenvalue weighted by Crippen LogP contribution is -2.07. The van der Waals surface area contributed by atoms with Crippen LogP contribution in [0.5, 0.6) is 0 Å². The lowest BCUT2D eigenvalue weighted by molar-refractivity contribution is 0.278. The molecule has 2 aromatic heterocycles. The number of aromatic nitrogens is 3. The third kappa shape index (κ3) is 0.998. The smallest absolute Gasteiger partial charge is 0.346 e. The van der Waals surface area contributed by atoms with Crippen LogP contribution >= 0.6 is 0 Å². The number of fused-ring (bicyclic) bond motifs is 1.